The molecule has 3 aromatic rings. The second-order valence-electron chi connectivity index (χ2n) is 6.08. The van der Waals surface area contributed by atoms with Crippen LogP contribution in [0.2, 0.25) is 0 Å². The van der Waals surface area contributed by atoms with Crippen molar-refractivity contribution in [1.82, 2.24) is 14.9 Å². The SMILES string of the molecule is Cn1ccnc1CN[C@@H]1CCCOc2c1ccc1ccccc21. The van der Waals surface area contributed by atoms with Gasteiger partial charge in [0, 0.05) is 36.4 Å². The molecule has 1 aromatic heterocycles. The molecule has 0 bridgehead atoms. The monoisotopic (exact) mass is 307 g/mol. The van der Waals surface area contributed by atoms with E-state index in [0.29, 0.717) is 6.04 Å². The second-order valence-corrected chi connectivity index (χ2v) is 6.08. The lowest BCUT2D eigenvalue weighted by molar-refractivity contribution is 0.318. The number of aryl methyl sites for hydroxylation is 1. The van der Waals surface area contributed by atoms with Crippen LogP contribution < -0.4 is 10.1 Å². The molecular weight excluding hydrogens is 286 g/mol. The topological polar surface area (TPSA) is 39.1 Å². The highest BCUT2D eigenvalue weighted by atomic mass is 16.5. The highest BCUT2D eigenvalue weighted by Gasteiger charge is 2.21. The Morgan fingerprint density at radius 2 is 2.17 bits per heavy atom. The minimum Gasteiger partial charge on any atom is -0.493 e. The number of hydrogen-bond acceptors (Lipinski definition) is 3. The van der Waals surface area contributed by atoms with Crippen molar-refractivity contribution in [1.29, 1.82) is 0 Å². The molecule has 0 amide bonds. The molecule has 1 atom stereocenters. The maximum Gasteiger partial charge on any atom is 0.131 e. The quantitative estimate of drug-likeness (QED) is 0.804. The van der Waals surface area contributed by atoms with Crippen molar-refractivity contribution < 1.29 is 4.74 Å². The molecule has 2 aromatic carbocycles. The molecule has 0 fully saturated rings. The number of hydrogen-bond donors (Lipinski definition) is 1. The number of ether oxygens (including phenoxy) is 1. The van der Waals surface area contributed by atoms with Crippen LogP contribution in [0.1, 0.15) is 30.3 Å². The summed E-state index contributed by atoms with van der Waals surface area (Å²) < 4.78 is 8.15. The Bertz CT molecular complexity index is 824. The van der Waals surface area contributed by atoms with Crippen LogP contribution in [0.3, 0.4) is 0 Å². The molecule has 0 saturated heterocycles. The van der Waals surface area contributed by atoms with E-state index in [1.807, 2.05) is 19.4 Å². The Morgan fingerprint density at radius 1 is 1.26 bits per heavy atom. The number of nitrogens with one attached hydrogen (secondary N) is 1. The van der Waals surface area contributed by atoms with Crippen LogP contribution in [0.25, 0.3) is 10.8 Å². The molecule has 0 spiro atoms. The fourth-order valence-electron chi connectivity index (χ4n) is 3.31. The third-order valence-corrected chi connectivity index (χ3v) is 4.60. The van der Waals surface area contributed by atoms with Gasteiger partial charge in [-0.15, -0.1) is 0 Å². The summed E-state index contributed by atoms with van der Waals surface area (Å²) in [6, 6.07) is 13.1. The zero-order chi connectivity index (χ0) is 15.6. The smallest absolute Gasteiger partial charge is 0.131 e. The van der Waals surface area contributed by atoms with Crippen LogP contribution in [0, 0.1) is 0 Å². The lowest BCUT2D eigenvalue weighted by Gasteiger charge is -2.19. The Morgan fingerprint density at radius 3 is 3.04 bits per heavy atom. The van der Waals surface area contributed by atoms with Crippen LogP contribution in [-0.2, 0) is 13.6 Å². The van der Waals surface area contributed by atoms with E-state index in [4.69, 9.17) is 4.74 Å². The summed E-state index contributed by atoms with van der Waals surface area (Å²) in [6.45, 7) is 1.54. The molecule has 1 aliphatic heterocycles. The molecule has 0 aliphatic carbocycles. The van der Waals surface area contributed by atoms with Gasteiger partial charge in [-0.05, 0) is 18.2 Å². The largest absolute Gasteiger partial charge is 0.493 e. The predicted molar refractivity (Wildman–Crippen MR) is 91.5 cm³/mol. The average Bonchev–Trinajstić information content (AvgIpc) is 2.88. The number of benzene rings is 2. The van der Waals surface area contributed by atoms with E-state index >= 15 is 0 Å². The lowest BCUT2D eigenvalue weighted by atomic mass is 9.98. The Kier molecular flexibility index (Phi) is 3.75. The van der Waals surface area contributed by atoms with Gasteiger partial charge < -0.3 is 14.6 Å². The van der Waals surface area contributed by atoms with E-state index in [9.17, 15) is 0 Å². The second kappa shape index (κ2) is 6.05. The maximum atomic E-state index is 6.09. The molecule has 118 valence electrons. The van der Waals surface area contributed by atoms with Gasteiger partial charge in [-0.3, -0.25) is 0 Å². The Hall–Kier alpha value is -2.33. The summed E-state index contributed by atoms with van der Waals surface area (Å²) in [5, 5.41) is 6.10. The number of rotatable bonds is 3. The molecule has 4 rings (SSSR count). The van der Waals surface area contributed by atoms with Gasteiger partial charge in [0.05, 0.1) is 13.2 Å². The van der Waals surface area contributed by atoms with Gasteiger partial charge in [0.1, 0.15) is 11.6 Å². The molecule has 23 heavy (non-hydrogen) atoms. The average molecular weight is 307 g/mol. The molecule has 4 nitrogen and oxygen atoms in total. The van der Waals surface area contributed by atoms with E-state index in [1.165, 1.54) is 16.3 Å². The summed E-state index contributed by atoms with van der Waals surface area (Å²) in [4.78, 5) is 4.40. The highest BCUT2D eigenvalue weighted by molar-refractivity contribution is 5.89. The van der Waals surface area contributed by atoms with Gasteiger partial charge in [0.2, 0.25) is 0 Å². The zero-order valence-electron chi connectivity index (χ0n) is 13.3. The molecule has 0 saturated carbocycles. The number of fused-ring (bicyclic) bond motifs is 3. The van der Waals surface area contributed by atoms with Crippen LogP contribution in [0.5, 0.6) is 5.75 Å². The fourth-order valence-corrected chi connectivity index (χ4v) is 3.31. The van der Waals surface area contributed by atoms with Crippen molar-refractivity contribution in [2.45, 2.75) is 25.4 Å². The molecule has 1 N–H and O–H groups in total. The van der Waals surface area contributed by atoms with Crippen LogP contribution in [0.4, 0.5) is 0 Å². The minimum atomic E-state index is 0.300. The van der Waals surface area contributed by atoms with Crippen molar-refractivity contribution in [2.75, 3.05) is 6.61 Å². The van der Waals surface area contributed by atoms with Crippen LogP contribution >= 0.6 is 0 Å². The van der Waals surface area contributed by atoms with E-state index in [-0.39, 0.29) is 0 Å². The van der Waals surface area contributed by atoms with Crippen molar-refractivity contribution in [3.63, 3.8) is 0 Å². The third kappa shape index (κ3) is 2.70. The van der Waals surface area contributed by atoms with Crippen LogP contribution in [0.15, 0.2) is 48.8 Å². The normalized spacial score (nSPS) is 17.5. The number of nitrogens with zero attached hydrogens (tertiary/aromatic N) is 2. The van der Waals surface area contributed by atoms with Gasteiger partial charge >= 0.3 is 0 Å². The first-order chi connectivity index (χ1) is 11.3. The molecule has 4 heteroatoms. The van der Waals surface area contributed by atoms with E-state index in [1.54, 1.807) is 0 Å². The Labute approximate surface area is 136 Å². The van der Waals surface area contributed by atoms with Gasteiger partial charge in [0.15, 0.2) is 0 Å². The maximum absolute atomic E-state index is 6.09. The summed E-state index contributed by atoms with van der Waals surface area (Å²) >= 11 is 0. The van der Waals surface area contributed by atoms with E-state index < -0.39 is 0 Å². The van der Waals surface area contributed by atoms with Gasteiger partial charge in [-0.1, -0.05) is 36.4 Å². The molecule has 1 aliphatic rings. The van der Waals surface area contributed by atoms with Crippen molar-refractivity contribution >= 4 is 10.8 Å². The first-order valence-electron chi connectivity index (χ1n) is 8.17. The number of imidazole rings is 1. The van der Waals surface area contributed by atoms with Crippen molar-refractivity contribution in [2.24, 2.45) is 7.05 Å². The molecular formula is C19H21N3O. The van der Waals surface area contributed by atoms with Gasteiger partial charge in [0.25, 0.3) is 0 Å². The van der Waals surface area contributed by atoms with E-state index in [0.717, 1.165) is 37.6 Å². The third-order valence-electron chi connectivity index (χ3n) is 4.60. The standard InChI is InChI=1S/C19H21N3O/c1-22-11-10-20-18(22)13-21-17-7-4-12-23-19-15-6-3-2-5-14(15)8-9-16(17)19/h2-3,5-6,8-11,17,21H,4,7,12-13H2,1H3/t17-/m1/s1. The molecule has 0 unspecified atom stereocenters. The van der Waals surface area contributed by atoms with Gasteiger partial charge in [-0.2, -0.15) is 0 Å². The molecule has 2 heterocycles. The fraction of sp³-hybridized carbons (Fsp3) is 0.316. The molecule has 0 radical (unpaired) electrons. The summed E-state index contributed by atoms with van der Waals surface area (Å²) in [7, 11) is 2.03. The van der Waals surface area contributed by atoms with E-state index in [2.05, 4.69) is 51.3 Å². The minimum absolute atomic E-state index is 0.300. The summed E-state index contributed by atoms with van der Waals surface area (Å²) in [5.74, 6) is 2.09. The van der Waals surface area contributed by atoms with Crippen molar-refractivity contribution in [3.05, 3.63) is 60.2 Å². The Balaban J connectivity index is 1.67. The lowest BCUT2D eigenvalue weighted by Crippen LogP contribution is -2.22. The van der Waals surface area contributed by atoms with Crippen LogP contribution in [-0.4, -0.2) is 16.2 Å². The van der Waals surface area contributed by atoms with Crippen molar-refractivity contribution in [3.8, 4) is 5.75 Å². The van der Waals surface area contributed by atoms with Gasteiger partial charge in [-0.25, -0.2) is 4.98 Å². The predicted octanol–water partition coefficient (Wildman–Crippen LogP) is 3.58. The number of aromatic nitrogens is 2. The summed E-state index contributed by atoms with van der Waals surface area (Å²) in [5.41, 5.74) is 1.26. The zero-order valence-corrected chi connectivity index (χ0v) is 13.3. The highest BCUT2D eigenvalue weighted by Crippen LogP contribution is 2.37. The summed E-state index contributed by atoms with van der Waals surface area (Å²) in [6.07, 6.45) is 5.96. The first-order valence-corrected chi connectivity index (χ1v) is 8.17. The first kappa shape index (κ1) is 14.3.